The summed E-state index contributed by atoms with van der Waals surface area (Å²) in [7, 11) is 0. The first-order chi connectivity index (χ1) is 8.77. The molecule has 2 aliphatic carbocycles. The van der Waals surface area contributed by atoms with E-state index in [2.05, 4.69) is 4.90 Å². The fraction of sp³-hybridized carbons (Fsp3) is 0.938. The summed E-state index contributed by atoms with van der Waals surface area (Å²) in [5, 5.41) is 0. The zero-order valence-corrected chi connectivity index (χ0v) is 11.6. The molecule has 0 aromatic rings. The largest absolute Gasteiger partial charge is 0.300 e. The lowest BCUT2D eigenvalue weighted by atomic mass is 9.68. The number of ketones is 1. The lowest BCUT2D eigenvalue weighted by Crippen LogP contribution is -2.47. The second-order valence-corrected chi connectivity index (χ2v) is 6.87. The van der Waals surface area contributed by atoms with Crippen LogP contribution < -0.4 is 0 Å². The van der Waals surface area contributed by atoms with Gasteiger partial charge in [-0.15, -0.1) is 0 Å². The van der Waals surface area contributed by atoms with Gasteiger partial charge in [0.2, 0.25) is 0 Å². The highest BCUT2D eigenvalue weighted by molar-refractivity contribution is 5.79. The zero-order chi connectivity index (χ0) is 12.4. The molecule has 0 radical (unpaired) electrons. The molecule has 18 heavy (non-hydrogen) atoms. The third kappa shape index (κ3) is 2.64. The van der Waals surface area contributed by atoms with Gasteiger partial charge in [-0.3, -0.25) is 4.79 Å². The van der Waals surface area contributed by atoms with E-state index in [0.29, 0.717) is 5.78 Å². The molecule has 0 aromatic heterocycles. The van der Waals surface area contributed by atoms with Gasteiger partial charge in [0.25, 0.3) is 0 Å². The van der Waals surface area contributed by atoms with Crippen molar-refractivity contribution in [2.45, 2.75) is 76.7 Å². The van der Waals surface area contributed by atoms with Crippen molar-refractivity contribution in [3.63, 3.8) is 0 Å². The lowest BCUT2D eigenvalue weighted by molar-refractivity contribution is -0.121. The Morgan fingerprint density at radius 2 is 1.50 bits per heavy atom. The molecule has 102 valence electrons. The number of Topliss-reactive ketones (excluding diaryl/α,β-unsaturated/α-hetero) is 1. The van der Waals surface area contributed by atoms with Gasteiger partial charge in [-0.2, -0.15) is 0 Å². The van der Waals surface area contributed by atoms with Gasteiger partial charge in [-0.25, -0.2) is 0 Å². The van der Waals surface area contributed by atoms with E-state index in [-0.39, 0.29) is 0 Å². The Hall–Kier alpha value is -0.370. The van der Waals surface area contributed by atoms with Gasteiger partial charge in [-0.1, -0.05) is 19.3 Å². The first kappa shape index (κ1) is 12.7. The molecule has 1 spiro atoms. The van der Waals surface area contributed by atoms with Gasteiger partial charge in [0, 0.05) is 18.9 Å². The quantitative estimate of drug-likeness (QED) is 0.708. The number of rotatable bonds is 1. The summed E-state index contributed by atoms with van der Waals surface area (Å²) in [6, 6.07) is 0.726. The standard InChI is InChI=1S/C16H27NO/c18-15-6-4-14(5-7-15)17-12-10-16(11-13-17)8-2-1-3-9-16/h14H,1-13H2. The maximum Gasteiger partial charge on any atom is 0.133 e. The van der Waals surface area contributed by atoms with Crippen LogP contribution in [0.5, 0.6) is 0 Å². The molecule has 0 aromatic carbocycles. The zero-order valence-electron chi connectivity index (χ0n) is 11.6. The topological polar surface area (TPSA) is 20.3 Å². The predicted octanol–water partition coefficient (Wildman–Crippen LogP) is 3.54. The lowest BCUT2D eigenvalue weighted by Gasteiger charge is -2.47. The number of hydrogen-bond donors (Lipinski definition) is 0. The highest BCUT2D eigenvalue weighted by Crippen LogP contribution is 2.45. The molecule has 0 bridgehead atoms. The minimum atomic E-state index is 0.493. The van der Waals surface area contributed by atoms with Crippen molar-refractivity contribution < 1.29 is 4.79 Å². The molecule has 3 aliphatic rings. The van der Waals surface area contributed by atoms with E-state index in [0.717, 1.165) is 37.1 Å². The van der Waals surface area contributed by atoms with Crippen LogP contribution in [0.15, 0.2) is 0 Å². The summed E-state index contributed by atoms with van der Waals surface area (Å²) >= 11 is 0. The summed E-state index contributed by atoms with van der Waals surface area (Å²) in [4.78, 5) is 14.0. The number of piperidine rings is 1. The second-order valence-electron chi connectivity index (χ2n) is 6.87. The Balaban J connectivity index is 1.51. The molecule has 0 amide bonds. The Morgan fingerprint density at radius 1 is 0.889 bits per heavy atom. The minimum absolute atomic E-state index is 0.493. The predicted molar refractivity (Wildman–Crippen MR) is 73.6 cm³/mol. The fourth-order valence-electron chi connectivity index (χ4n) is 4.45. The average Bonchev–Trinajstić information content (AvgIpc) is 2.42. The summed E-state index contributed by atoms with van der Waals surface area (Å²) < 4.78 is 0. The summed E-state index contributed by atoms with van der Waals surface area (Å²) in [5.74, 6) is 0.493. The van der Waals surface area contributed by atoms with Crippen molar-refractivity contribution in [3.8, 4) is 0 Å². The van der Waals surface area contributed by atoms with Crippen molar-refractivity contribution >= 4 is 5.78 Å². The Labute approximate surface area is 111 Å². The SMILES string of the molecule is O=C1CCC(N2CCC3(CCCCC3)CC2)CC1. The molecule has 3 rings (SSSR count). The van der Waals surface area contributed by atoms with Crippen LogP contribution in [0.25, 0.3) is 0 Å². The first-order valence-corrected chi connectivity index (χ1v) is 8.03. The van der Waals surface area contributed by atoms with Crippen LogP contribution in [0.3, 0.4) is 0 Å². The molecular weight excluding hydrogens is 222 g/mol. The van der Waals surface area contributed by atoms with E-state index >= 15 is 0 Å². The first-order valence-electron chi connectivity index (χ1n) is 8.03. The van der Waals surface area contributed by atoms with Crippen LogP contribution in [0.1, 0.15) is 70.6 Å². The fourth-order valence-corrected chi connectivity index (χ4v) is 4.45. The van der Waals surface area contributed by atoms with Gasteiger partial charge in [0.15, 0.2) is 0 Å². The number of carbonyl (C=O) groups is 1. The van der Waals surface area contributed by atoms with Gasteiger partial charge < -0.3 is 4.90 Å². The molecule has 3 fully saturated rings. The number of hydrogen-bond acceptors (Lipinski definition) is 2. The van der Waals surface area contributed by atoms with Gasteiger partial charge in [-0.05, 0) is 57.0 Å². The highest BCUT2D eigenvalue weighted by Gasteiger charge is 2.37. The Bertz CT molecular complexity index is 286. The molecule has 0 atom stereocenters. The van der Waals surface area contributed by atoms with E-state index in [1.807, 2.05) is 0 Å². The molecule has 2 heteroatoms. The average molecular weight is 249 g/mol. The van der Waals surface area contributed by atoms with Crippen molar-refractivity contribution in [3.05, 3.63) is 0 Å². The van der Waals surface area contributed by atoms with E-state index in [4.69, 9.17) is 0 Å². The normalized spacial score (nSPS) is 30.8. The van der Waals surface area contributed by atoms with Crippen LogP contribution in [-0.4, -0.2) is 29.8 Å². The molecule has 2 nitrogen and oxygen atoms in total. The van der Waals surface area contributed by atoms with Crippen molar-refractivity contribution in [2.24, 2.45) is 5.41 Å². The van der Waals surface area contributed by atoms with Crippen LogP contribution in [-0.2, 0) is 4.79 Å². The third-order valence-corrected chi connectivity index (χ3v) is 5.80. The summed E-state index contributed by atoms with van der Waals surface area (Å²) in [5.41, 5.74) is 0.721. The van der Waals surface area contributed by atoms with Gasteiger partial charge >= 0.3 is 0 Å². The van der Waals surface area contributed by atoms with E-state index < -0.39 is 0 Å². The maximum absolute atomic E-state index is 11.3. The molecular formula is C16H27NO. The Kier molecular flexibility index (Phi) is 3.74. The molecule has 1 heterocycles. The smallest absolute Gasteiger partial charge is 0.133 e. The van der Waals surface area contributed by atoms with E-state index in [1.165, 1.54) is 58.0 Å². The molecule has 1 aliphatic heterocycles. The summed E-state index contributed by atoms with van der Waals surface area (Å²) in [6.45, 7) is 2.61. The maximum atomic E-state index is 11.3. The van der Waals surface area contributed by atoms with Crippen LogP contribution in [0.4, 0.5) is 0 Å². The van der Waals surface area contributed by atoms with Crippen LogP contribution in [0.2, 0.25) is 0 Å². The van der Waals surface area contributed by atoms with E-state index in [9.17, 15) is 4.79 Å². The second kappa shape index (κ2) is 5.32. The third-order valence-electron chi connectivity index (χ3n) is 5.80. The van der Waals surface area contributed by atoms with Crippen molar-refractivity contribution in [1.82, 2.24) is 4.90 Å². The Morgan fingerprint density at radius 3 is 2.11 bits per heavy atom. The minimum Gasteiger partial charge on any atom is -0.300 e. The highest BCUT2D eigenvalue weighted by atomic mass is 16.1. The molecule has 2 saturated carbocycles. The molecule has 0 N–H and O–H groups in total. The summed E-state index contributed by atoms with van der Waals surface area (Å²) in [6.07, 6.45) is 14.2. The molecule has 1 saturated heterocycles. The van der Waals surface area contributed by atoms with Crippen molar-refractivity contribution in [2.75, 3.05) is 13.1 Å². The van der Waals surface area contributed by atoms with Crippen LogP contribution in [0, 0.1) is 5.41 Å². The van der Waals surface area contributed by atoms with Crippen LogP contribution >= 0.6 is 0 Å². The number of nitrogens with zero attached hydrogens (tertiary/aromatic N) is 1. The number of carbonyl (C=O) groups excluding carboxylic acids is 1. The number of likely N-dealkylation sites (tertiary alicyclic amines) is 1. The van der Waals surface area contributed by atoms with Gasteiger partial charge in [0.05, 0.1) is 0 Å². The van der Waals surface area contributed by atoms with Crippen molar-refractivity contribution in [1.29, 1.82) is 0 Å². The van der Waals surface area contributed by atoms with Gasteiger partial charge in [0.1, 0.15) is 5.78 Å². The van der Waals surface area contributed by atoms with E-state index in [1.54, 1.807) is 0 Å². The molecule has 0 unspecified atom stereocenters. The monoisotopic (exact) mass is 249 g/mol.